The summed E-state index contributed by atoms with van der Waals surface area (Å²) in [7, 11) is 0. The zero-order valence-electron chi connectivity index (χ0n) is 14.3. The Morgan fingerprint density at radius 2 is 1.80 bits per heavy atom. The normalized spacial score (nSPS) is 10.6. The van der Waals surface area contributed by atoms with Crippen LogP contribution in [-0.2, 0) is 9.59 Å². The Bertz CT molecular complexity index is 791. The molecule has 0 fully saturated rings. The Hall–Kier alpha value is -2.04. The number of nitrogens with one attached hydrogen (secondary N) is 1. The van der Waals surface area contributed by atoms with Gasteiger partial charge in [-0.2, -0.15) is 0 Å². The third kappa shape index (κ3) is 4.97. The average molecular weight is 379 g/mol. The second-order valence-electron chi connectivity index (χ2n) is 5.99. The van der Waals surface area contributed by atoms with E-state index >= 15 is 0 Å². The Kier molecular flexibility index (Phi) is 6.45. The van der Waals surface area contributed by atoms with Gasteiger partial charge in [0.2, 0.25) is 11.8 Å². The smallest absolute Gasteiger partial charge is 0.244 e. The molecule has 0 radical (unpaired) electrons. The first-order valence-electron chi connectivity index (χ1n) is 7.91. The molecule has 1 N–H and O–H groups in total. The lowest BCUT2D eigenvalue weighted by molar-refractivity contribution is -0.120. The van der Waals surface area contributed by atoms with Crippen LogP contribution in [0.2, 0.25) is 10.0 Å². The van der Waals surface area contributed by atoms with E-state index < -0.39 is 0 Å². The van der Waals surface area contributed by atoms with Crippen LogP contribution in [0.4, 0.5) is 11.4 Å². The number of rotatable bonds is 5. The molecule has 6 heteroatoms. The number of benzene rings is 2. The fourth-order valence-corrected chi connectivity index (χ4v) is 2.85. The lowest BCUT2D eigenvalue weighted by Crippen LogP contribution is -2.37. The SMILES string of the molecule is CC(=O)N(CC(=O)Nc1cc(Cl)ccc1Cl)c1ccccc1C(C)C. The largest absolute Gasteiger partial charge is 0.323 e. The maximum absolute atomic E-state index is 12.4. The average Bonchev–Trinajstić information content (AvgIpc) is 2.55. The van der Waals surface area contributed by atoms with Crippen LogP contribution in [0.25, 0.3) is 0 Å². The fourth-order valence-electron chi connectivity index (χ4n) is 2.51. The van der Waals surface area contributed by atoms with Gasteiger partial charge in [-0.05, 0) is 35.7 Å². The molecule has 0 aliphatic carbocycles. The van der Waals surface area contributed by atoms with Crippen LogP contribution in [0.15, 0.2) is 42.5 Å². The number of carbonyl (C=O) groups is 2. The molecular weight excluding hydrogens is 359 g/mol. The standard InChI is InChI=1S/C19H20Cl2N2O2/c1-12(2)15-6-4-5-7-18(15)23(13(3)24)11-19(25)22-17-10-14(20)8-9-16(17)21/h4-10,12H,11H2,1-3H3,(H,22,25). The van der Waals surface area contributed by atoms with Crippen molar-refractivity contribution in [3.63, 3.8) is 0 Å². The van der Waals surface area contributed by atoms with E-state index in [1.807, 2.05) is 38.1 Å². The van der Waals surface area contributed by atoms with E-state index in [-0.39, 0.29) is 24.3 Å². The minimum Gasteiger partial charge on any atom is -0.323 e. The predicted octanol–water partition coefficient (Wildman–Crippen LogP) is 5.11. The molecule has 2 aromatic carbocycles. The highest BCUT2D eigenvalue weighted by Crippen LogP contribution is 2.28. The Morgan fingerprint density at radius 3 is 2.44 bits per heavy atom. The van der Waals surface area contributed by atoms with Crippen molar-refractivity contribution in [2.24, 2.45) is 0 Å². The zero-order valence-corrected chi connectivity index (χ0v) is 15.9. The van der Waals surface area contributed by atoms with Crippen molar-refractivity contribution in [3.8, 4) is 0 Å². The number of hydrogen-bond acceptors (Lipinski definition) is 2. The minimum absolute atomic E-state index is 0.109. The van der Waals surface area contributed by atoms with Crippen LogP contribution in [0, 0.1) is 0 Å². The van der Waals surface area contributed by atoms with Crippen LogP contribution < -0.4 is 10.2 Å². The molecule has 4 nitrogen and oxygen atoms in total. The van der Waals surface area contributed by atoms with Crippen molar-refractivity contribution in [2.75, 3.05) is 16.8 Å². The minimum atomic E-state index is -0.349. The third-order valence-electron chi connectivity index (χ3n) is 3.73. The summed E-state index contributed by atoms with van der Waals surface area (Å²) < 4.78 is 0. The van der Waals surface area contributed by atoms with Gasteiger partial charge in [0, 0.05) is 17.6 Å². The maximum Gasteiger partial charge on any atom is 0.244 e. The van der Waals surface area contributed by atoms with E-state index in [2.05, 4.69) is 5.32 Å². The number of amides is 2. The number of para-hydroxylation sites is 1. The summed E-state index contributed by atoms with van der Waals surface area (Å²) in [5.74, 6) is -0.332. The molecule has 2 amide bonds. The highest BCUT2D eigenvalue weighted by molar-refractivity contribution is 6.35. The monoisotopic (exact) mass is 378 g/mol. The van der Waals surface area contributed by atoms with E-state index in [9.17, 15) is 9.59 Å². The molecule has 0 bridgehead atoms. The van der Waals surface area contributed by atoms with Crippen molar-refractivity contribution in [2.45, 2.75) is 26.7 Å². The summed E-state index contributed by atoms with van der Waals surface area (Å²) in [4.78, 5) is 26.0. The van der Waals surface area contributed by atoms with Gasteiger partial charge in [-0.25, -0.2) is 0 Å². The van der Waals surface area contributed by atoms with Crippen molar-refractivity contribution in [1.82, 2.24) is 0 Å². The molecule has 132 valence electrons. The summed E-state index contributed by atoms with van der Waals surface area (Å²) in [5.41, 5.74) is 2.16. The Balaban J connectivity index is 2.24. The molecular formula is C19H20Cl2N2O2. The quantitative estimate of drug-likeness (QED) is 0.785. The second kappa shape index (κ2) is 8.37. The van der Waals surface area contributed by atoms with Gasteiger partial charge >= 0.3 is 0 Å². The summed E-state index contributed by atoms with van der Waals surface area (Å²) >= 11 is 12.0. The van der Waals surface area contributed by atoms with E-state index in [0.717, 1.165) is 11.3 Å². The summed E-state index contributed by atoms with van der Waals surface area (Å²) in [6.07, 6.45) is 0. The first kappa shape index (κ1) is 19.3. The zero-order chi connectivity index (χ0) is 18.6. The lowest BCUT2D eigenvalue weighted by Gasteiger charge is -2.25. The molecule has 25 heavy (non-hydrogen) atoms. The van der Waals surface area contributed by atoms with Gasteiger partial charge in [0.15, 0.2) is 0 Å². The van der Waals surface area contributed by atoms with Gasteiger partial charge in [0.05, 0.1) is 10.7 Å². The van der Waals surface area contributed by atoms with Gasteiger partial charge in [0.25, 0.3) is 0 Å². The number of halogens is 2. The van der Waals surface area contributed by atoms with Gasteiger partial charge in [-0.3, -0.25) is 9.59 Å². The van der Waals surface area contributed by atoms with Crippen LogP contribution in [-0.4, -0.2) is 18.4 Å². The molecule has 0 spiro atoms. The number of carbonyl (C=O) groups excluding carboxylic acids is 2. The van der Waals surface area contributed by atoms with Gasteiger partial charge in [0.1, 0.15) is 6.54 Å². The highest BCUT2D eigenvalue weighted by atomic mass is 35.5. The molecule has 0 aliphatic rings. The van der Waals surface area contributed by atoms with Crippen LogP contribution in [0.1, 0.15) is 32.3 Å². The molecule has 0 unspecified atom stereocenters. The van der Waals surface area contributed by atoms with E-state index in [1.165, 1.54) is 11.8 Å². The summed E-state index contributed by atoms with van der Waals surface area (Å²) in [6.45, 7) is 5.42. The topological polar surface area (TPSA) is 49.4 Å². The van der Waals surface area contributed by atoms with Crippen molar-refractivity contribution >= 4 is 46.4 Å². The molecule has 0 aromatic heterocycles. The third-order valence-corrected chi connectivity index (χ3v) is 4.30. The van der Waals surface area contributed by atoms with Crippen molar-refractivity contribution in [3.05, 3.63) is 58.1 Å². The Labute approximate surface area is 157 Å². The van der Waals surface area contributed by atoms with Crippen molar-refractivity contribution in [1.29, 1.82) is 0 Å². The molecule has 0 saturated carbocycles. The summed E-state index contributed by atoms with van der Waals surface area (Å²) in [5, 5.41) is 3.56. The van der Waals surface area contributed by atoms with E-state index in [1.54, 1.807) is 18.2 Å². The van der Waals surface area contributed by atoms with Crippen LogP contribution in [0.5, 0.6) is 0 Å². The van der Waals surface area contributed by atoms with Gasteiger partial charge in [-0.1, -0.05) is 55.2 Å². The molecule has 0 aliphatic heterocycles. The van der Waals surface area contributed by atoms with Crippen LogP contribution in [0.3, 0.4) is 0 Å². The first-order chi connectivity index (χ1) is 11.8. The second-order valence-corrected chi connectivity index (χ2v) is 6.83. The number of anilines is 2. The number of nitrogens with zero attached hydrogens (tertiary/aromatic N) is 1. The molecule has 2 rings (SSSR count). The highest BCUT2D eigenvalue weighted by Gasteiger charge is 2.20. The van der Waals surface area contributed by atoms with E-state index in [4.69, 9.17) is 23.2 Å². The molecule has 0 heterocycles. The molecule has 0 atom stereocenters. The van der Waals surface area contributed by atoms with Gasteiger partial charge in [-0.15, -0.1) is 0 Å². The first-order valence-corrected chi connectivity index (χ1v) is 8.67. The number of hydrogen-bond donors (Lipinski definition) is 1. The fraction of sp³-hybridized carbons (Fsp3) is 0.263. The van der Waals surface area contributed by atoms with E-state index in [0.29, 0.717) is 15.7 Å². The van der Waals surface area contributed by atoms with Crippen LogP contribution >= 0.6 is 23.2 Å². The molecule has 0 saturated heterocycles. The molecule has 2 aromatic rings. The summed E-state index contributed by atoms with van der Waals surface area (Å²) in [6, 6.07) is 12.4. The Morgan fingerprint density at radius 1 is 1.12 bits per heavy atom. The van der Waals surface area contributed by atoms with Crippen molar-refractivity contribution < 1.29 is 9.59 Å². The maximum atomic E-state index is 12.4. The van der Waals surface area contributed by atoms with Gasteiger partial charge < -0.3 is 10.2 Å². The lowest BCUT2D eigenvalue weighted by atomic mass is 10.0. The predicted molar refractivity (Wildman–Crippen MR) is 104 cm³/mol.